The van der Waals surface area contributed by atoms with E-state index in [0.29, 0.717) is 0 Å². The molecule has 0 aromatic heterocycles. The molecule has 1 aliphatic rings. The molecule has 0 aliphatic heterocycles. The molecule has 0 saturated heterocycles. The minimum Gasteiger partial charge on any atom is -0.286 e. The second kappa shape index (κ2) is 4.79. The van der Waals surface area contributed by atoms with Crippen molar-refractivity contribution in [2.75, 3.05) is 13.1 Å². The molecule has 0 atom stereocenters. The second-order valence-electron chi connectivity index (χ2n) is 4.50. The van der Waals surface area contributed by atoms with Crippen LogP contribution >= 0.6 is 0 Å². The van der Waals surface area contributed by atoms with Crippen molar-refractivity contribution < 1.29 is 0 Å². The van der Waals surface area contributed by atoms with Gasteiger partial charge in [-0.25, -0.2) is 0 Å². The van der Waals surface area contributed by atoms with Gasteiger partial charge in [-0.2, -0.15) is 5.26 Å². The predicted octanol–water partition coefficient (Wildman–Crippen LogP) is 2.80. The summed E-state index contributed by atoms with van der Waals surface area (Å²) in [6.07, 6.45) is 4.55. The summed E-state index contributed by atoms with van der Waals surface area (Å²) in [7, 11) is 0. The van der Waals surface area contributed by atoms with Gasteiger partial charge >= 0.3 is 0 Å². The van der Waals surface area contributed by atoms with E-state index in [9.17, 15) is 5.26 Å². The third-order valence-corrected chi connectivity index (χ3v) is 3.68. The topological polar surface area (TPSA) is 27.0 Å². The zero-order valence-electron chi connectivity index (χ0n) is 9.71. The number of hydrogen-bond donors (Lipinski definition) is 0. The Bertz CT molecular complexity index is 205. The van der Waals surface area contributed by atoms with Crippen LogP contribution in [-0.4, -0.2) is 23.5 Å². The number of nitrogens with zero attached hydrogens (tertiary/aromatic N) is 2. The van der Waals surface area contributed by atoms with Crippen molar-refractivity contribution in [1.82, 2.24) is 4.90 Å². The molecule has 80 valence electrons. The highest BCUT2D eigenvalue weighted by atomic mass is 15.2. The van der Waals surface area contributed by atoms with E-state index in [1.807, 2.05) is 0 Å². The fourth-order valence-electron chi connectivity index (χ4n) is 2.57. The molecule has 0 unspecified atom stereocenters. The summed E-state index contributed by atoms with van der Waals surface area (Å²) in [5.41, 5.74) is -0.143. The number of rotatable bonds is 3. The molecule has 0 heterocycles. The molecule has 0 aromatic rings. The molecule has 2 nitrogen and oxygen atoms in total. The van der Waals surface area contributed by atoms with Crippen LogP contribution in [0.4, 0.5) is 0 Å². The molecule has 14 heavy (non-hydrogen) atoms. The monoisotopic (exact) mass is 194 g/mol. The van der Waals surface area contributed by atoms with Gasteiger partial charge < -0.3 is 0 Å². The first kappa shape index (κ1) is 11.5. The summed E-state index contributed by atoms with van der Waals surface area (Å²) in [6.45, 7) is 8.60. The Kier molecular flexibility index (Phi) is 3.95. The van der Waals surface area contributed by atoms with E-state index in [2.05, 4.69) is 31.7 Å². The predicted molar refractivity (Wildman–Crippen MR) is 58.9 cm³/mol. The van der Waals surface area contributed by atoms with Crippen molar-refractivity contribution in [3.8, 4) is 6.07 Å². The van der Waals surface area contributed by atoms with Gasteiger partial charge in [0.15, 0.2) is 0 Å². The van der Waals surface area contributed by atoms with E-state index < -0.39 is 0 Å². The molecule has 0 N–H and O–H groups in total. The van der Waals surface area contributed by atoms with E-state index in [0.717, 1.165) is 31.8 Å². The summed E-state index contributed by atoms with van der Waals surface area (Å²) < 4.78 is 0. The smallest absolute Gasteiger partial charge is 0.109 e. The summed E-state index contributed by atoms with van der Waals surface area (Å²) in [4.78, 5) is 2.33. The molecule has 0 radical (unpaired) electrons. The Hall–Kier alpha value is -0.550. The molecular formula is C12H22N2. The maximum Gasteiger partial charge on any atom is 0.109 e. The van der Waals surface area contributed by atoms with Crippen molar-refractivity contribution >= 4 is 0 Å². The van der Waals surface area contributed by atoms with Gasteiger partial charge in [0.25, 0.3) is 0 Å². The lowest BCUT2D eigenvalue weighted by molar-refractivity contribution is 0.0944. The Morgan fingerprint density at radius 3 is 2.14 bits per heavy atom. The van der Waals surface area contributed by atoms with Crippen molar-refractivity contribution in [1.29, 1.82) is 5.26 Å². The van der Waals surface area contributed by atoms with E-state index >= 15 is 0 Å². The average Bonchev–Trinajstić information content (AvgIpc) is 2.23. The summed E-state index contributed by atoms with van der Waals surface area (Å²) in [5, 5.41) is 9.37. The molecule has 1 aliphatic carbocycles. The van der Waals surface area contributed by atoms with E-state index in [1.165, 1.54) is 12.8 Å². The van der Waals surface area contributed by atoms with Gasteiger partial charge in [0, 0.05) is 0 Å². The lowest BCUT2D eigenvalue weighted by Crippen LogP contribution is -2.49. The molecule has 0 amide bonds. The quantitative estimate of drug-likeness (QED) is 0.690. The van der Waals surface area contributed by atoms with E-state index in [1.54, 1.807) is 0 Å². The van der Waals surface area contributed by atoms with E-state index in [-0.39, 0.29) is 5.54 Å². The van der Waals surface area contributed by atoms with Gasteiger partial charge in [-0.1, -0.05) is 20.8 Å². The highest BCUT2D eigenvalue weighted by Crippen LogP contribution is 2.35. The van der Waals surface area contributed by atoms with Crippen LogP contribution < -0.4 is 0 Å². The summed E-state index contributed by atoms with van der Waals surface area (Å²) >= 11 is 0. The molecule has 1 rings (SSSR count). The first-order chi connectivity index (χ1) is 6.68. The Labute approximate surface area is 87.9 Å². The van der Waals surface area contributed by atoms with Crippen LogP contribution in [0.3, 0.4) is 0 Å². The van der Waals surface area contributed by atoms with Crippen LogP contribution in [0.15, 0.2) is 0 Å². The molecule has 1 saturated carbocycles. The molecule has 0 bridgehead atoms. The molecule has 0 aromatic carbocycles. The van der Waals surface area contributed by atoms with E-state index in [4.69, 9.17) is 0 Å². The minimum absolute atomic E-state index is 0.143. The van der Waals surface area contributed by atoms with Gasteiger partial charge in [-0.05, 0) is 44.7 Å². The molecule has 0 spiro atoms. The lowest BCUT2D eigenvalue weighted by atomic mass is 9.77. The molecular weight excluding hydrogens is 172 g/mol. The minimum atomic E-state index is -0.143. The molecule has 1 fully saturated rings. The Balaban J connectivity index is 2.72. The fourth-order valence-corrected chi connectivity index (χ4v) is 2.57. The first-order valence-electron chi connectivity index (χ1n) is 5.84. The SMILES string of the molecule is CCN(CC)C1(C#N)CCC(C)CC1. The number of nitriles is 1. The Morgan fingerprint density at radius 2 is 1.79 bits per heavy atom. The van der Waals surface area contributed by atoms with Crippen molar-refractivity contribution in [2.45, 2.75) is 52.0 Å². The van der Waals surface area contributed by atoms with Gasteiger partial charge in [0.1, 0.15) is 5.54 Å². The van der Waals surface area contributed by atoms with Crippen LogP contribution in [0.1, 0.15) is 46.5 Å². The van der Waals surface area contributed by atoms with Crippen molar-refractivity contribution in [3.05, 3.63) is 0 Å². The zero-order chi connectivity index (χ0) is 10.6. The fraction of sp³-hybridized carbons (Fsp3) is 0.917. The van der Waals surface area contributed by atoms with Crippen LogP contribution in [0, 0.1) is 17.2 Å². The van der Waals surface area contributed by atoms with Crippen LogP contribution in [0.25, 0.3) is 0 Å². The summed E-state index contributed by atoms with van der Waals surface area (Å²) in [6, 6.07) is 2.57. The average molecular weight is 194 g/mol. The van der Waals surface area contributed by atoms with Crippen LogP contribution in [-0.2, 0) is 0 Å². The normalized spacial score (nSPS) is 32.9. The third kappa shape index (κ3) is 2.09. The molecule has 2 heteroatoms. The van der Waals surface area contributed by atoms with Gasteiger partial charge in [0.05, 0.1) is 6.07 Å². The Morgan fingerprint density at radius 1 is 1.29 bits per heavy atom. The maximum absolute atomic E-state index is 9.37. The third-order valence-electron chi connectivity index (χ3n) is 3.68. The highest BCUT2D eigenvalue weighted by molar-refractivity contribution is 5.09. The van der Waals surface area contributed by atoms with Gasteiger partial charge in [0.2, 0.25) is 0 Å². The van der Waals surface area contributed by atoms with Crippen LogP contribution in [0.2, 0.25) is 0 Å². The highest BCUT2D eigenvalue weighted by Gasteiger charge is 2.38. The largest absolute Gasteiger partial charge is 0.286 e. The van der Waals surface area contributed by atoms with Gasteiger partial charge in [-0.15, -0.1) is 0 Å². The van der Waals surface area contributed by atoms with Gasteiger partial charge in [-0.3, -0.25) is 4.90 Å². The van der Waals surface area contributed by atoms with Crippen LogP contribution in [0.5, 0.6) is 0 Å². The summed E-state index contributed by atoms with van der Waals surface area (Å²) in [5.74, 6) is 0.812. The second-order valence-corrected chi connectivity index (χ2v) is 4.50. The lowest BCUT2D eigenvalue weighted by Gasteiger charge is -2.42. The maximum atomic E-state index is 9.37. The number of hydrogen-bond acceptors (Lipinski definition) is 2. The van der Waals surface area contributed by atoms with Crippen molar-refractivity contribution in [2.24, 2.45) is 5.92 Å². The first-order valence-corrected chi connectivity index (χ1v) is 5.84. The standard InChI is InChI=1S/C12H22N2/c1-4-14(5-2)12(10-13)8-6-11(3)7-9-12/h11H,4-9H2,1-3H3. The van der Waals surface area contributed by atoms with Crippen molar-refractivity contribution in [3.63, 3.8) is 0 Å². The zero-order valence-corrected chi connectivity index (χ0v) is 9.71.